The van der Waals surface area contributed by atoms with Crippen LogP contribution in [0.4, 0.5) is 0 Å². The number of rotatable bonds is 8. The maximum atomic E-state index is 11.7. The van der Waals surface area contributed by atoms with Crippen LogP contribution in [0, 0.1) is 5.41 Å². The third-order valence-electron chi connectivity index (χ3n) is 2.78. The second-order valence-electron chi connectivity index (χ2n) is 5.18. The van der Waals surface area contributed by atoms with E-state index in [1.54, 1.807) is 6.92 Å². The molecule has 4 N–H and O–H groups in total. The number of carbonyl (C=O) groups excluding carboxylic acids is 1. The van der Waals surface area contributed by atoms with Gasteiger partial charge in [-0.05, 0) is 12.5 Å². The van der Waals surface area contributed by atoms with Gasteiger partial charge < -0.3 is 20.6 Å². The Morgan fingerprint density at radius 3 is 2.41 bits per heavy atom. The van der Waals surface area contributed by atoms with Crippen molar-refractivity contribution in [3.8, 4) is 0 Å². The van der Waals surface area contributed by atoms with E-state index in [0.29, 0.717) is 19.0 Å². The molecular formula is C11H25NO4Si. The van der Waals surface area contributed by atoms with Gasteiger partial charge >= 0.3 is 0 Å². The molecule has 0 saturated heterocycles. The Morgan fingerprint density at radius 1 is 1.41 bits per heavy atom. The molecule has 0 aromatic carbocycles. The van der Waals surface area contributed by atoms with E-state index < -0.39 is 26.2 Å². The van der Waals surface area contributed by atoms with Crippen LogP contribution in [-0.2, 0) is 4.79 Å². The van der Waals surface area contributed by atoms with Crippen molar-refractivity contribution in [1.29, 1.82) is 0 Å². The van der Waals surface area contributed by atoms with Crippen LogP contribution in [0.2, 0.25) is 19.1 Å². The van der Waals surface area contributed by atoms with Crippen molar-refractivity contribution in [2.45, 2.75) is 38.6 Å². The maximum absolute atomic E-state index is 11.7. The van der Waals surface area contributed by atoms with E-state index in [0.717, 1.165) is 0 Å². The number of aliphatic hydroxyl groups excluding tert-OH is 3. The summed E-state index contributed by atoms with van der Waals surface area (Å²) in [5.41, 5.74) is -0.760. The fourth-order valence-corrected chi connectivity index (χ4v) is 4.12. The van der Waals surface area contributed by atoms with Crippen molar-refractivity contribution in [2.24, 2.45) is 5.41 Å². The van der Waals surface area contributed by atoms with Gasteiger partial charge in [-0.15, -0.1) is 0 Å². The highest BCUT2D eigenvalue weighted by molar-refractivity contribution is 6.55. The molecule has 102 valence electrons. The lowest BCUT2D eigenvalue weighted by Gasteiger charge is -2.33. The molecule has 0 radical (unpaired) electrons. The van der Waals surface area contributed by atoms with E-state index in [2.05, 4.69) is 18.4 Å². The average Bonchev–Trinajstić information content (AvgIpc) is 2.27. The fraction of sp³-hybridized carbons (Fsp3) is 0.909. The summed E-state index contributed by atoms with van der Waals surface area (Å²) in [5, 5.41) is 30.5. The first kappa shape index (κ1) is 16.6. The zero-order valence-corrected chi connectivity index (χ0v) is 12.1. The van der Waals surface area contributed by atoms with Crippen molar-refractivity contribution in [1.82, 2.24) is 5.32 Å². The van der Waals surface area contributed by atoms with Crippen LogP contribution in [0.1, 0.15) is 13.3 Å². The fourth-order valence-electron chi connectivity index (χ4n) is 1.90. The van der Waals surface area contributed by atoms with Crippen molar-refractivity contribution < 1.29 is 20.1 Å². The summed E-state index contributed by atoms with van der Waals surface area (Å²) in [5.74, 6) is -0.468. The van der Waals surface area contributed by atoms with Crippen LogP contribution >= 0.6 is 0 Å². The number of aliphatic hydroxyl groups is 3. The van der Waals surface area contributed by atoms with Gasteiger partial charge in [0.2, 0.25) is 5.91 Å². The first-order valence-corrected chi connectivity index (χ1v) is 9.17. The quantitative estimate of drug-likeness (QED) is 0.345. The van der Waals surface area contributed by atoms with Crippen molar-refractivity contribution in [3.63, 3.8) is 0 Å². The first-order chi connectivity index (χ1) is 7.87. The summed E-state index contributed by atoms with van der Waals surface area (Å²) in [6, 6.07) is 0.706. The summed E-state index contributed by atoms with van der Waals surface area (Å²) in [6.45, 7) is 6.11. The smallest absolute Gasteiger partial charge is 0.249 e. The minimum absolute atomic E-state index is 0.00650. The van der Waals surface area contributed by atoms with E-state index in [9.17, 15) is 15.0 Å². The zero-order chi connectivity index (χ0) is 13.5. The third-order valence-corrected chi connectivity index (χ3v) is 4.53. The van der Waals surface area contributed by atoms with Gasteiger partial charge in [-0.25, -0.2) is 0 Å². The molecule has 0 aliphatic carbocycles. The number of nitrogens with one attached hydrogen (secondary N) is 1. The highest BCUT2D eigenvalue weighted by Crippen LogP contribution is 2.28. The van der Waals surface area contributed by atoms with E-state index >= 15 is 0 Å². The molecule has 0 spiro atoms. The SMILES string of the molecule is C[SiH](C)CC(C)(CO)C(O)C(=O)NCCCO. The molecule has 6 heteroatoms. The van der Waals surface area contributed by atoms with Crippen molar-refractivity contribution in [3.05, 3.63) is 0 Å². The van der Waals surface area contributed by atoms with Crippen LogP contribution in [-0.4, -0.2) is 55.9 Å². The molecule has 17 heavy (non-hydrogen) atoms. The summed E-state index contributed by atoms with van der Waals surface area (Å²) in [7, 11) is -0.984. The molecule has 2 unspecified atom stereocenters. The first-order valence-electron chi connectivity index (χ1n) is 6.05. The second-order valence-corrected chi connectivity index (χ2v) is 8.38. The molecule has 0 aromatic rings. The van der Waals surface area contributed by atoms with Crippen molar-refractivity contribution in [2.75, 3.05) is 19.8 Å². The number of hydrogen-bond acceptors (Lipinski definition) is 4. The Labute approximate surface area is 104 Å². The molecule has 0 heterocycles. The predicted molar refractivity (Wildman–Crippen MR) is 69.6 cm³/mol. The molecule has 5 nitrogen and oxygen atoms in total. The molecule has 0 aromatic heterocycles. The summed E-state index contributed by atoms with van der Waals surface area (Å²) < 4.78 is 0. The predicted octanol–water partition coefficient (Wildman–Crippen LogP) is -0.669. The van der Waals surface area contributed by atoms with E-state index in [1.165, 1.54) is 0 Å². The lowest BCUT2D eigenvalue weighted by Crippen LogP contribution is -2.48. The summed E-state index contributed by atoms with van der Waals surface area (Å²) >= 11 is 0. The van der Waals surface area contributed by atoms with Crippen LogP contribution < -0.4 is 5.32 Å². The van der Waals surface area contributed by atoms with Crippen LogP contribution in [0.15, 0.2) is 0 Å². The highest BCUT2D eigenvalue weighted by Gasteiger charge is 2.37. The minimum atomic E-state index is -1.19. The number of hydrogen-bond donors (Lipinski definition) is 4. The maximum Gasteiger partial charge on any atom is 0.249 e. The Balaban J connectivity index is 4.40. The van der Waals surface area contributed by atoms with Gasteiger partial charge in [-0.2, -0.15) is 0 Å². The van der Waals surface area contributed by atoms with E-state index in [-0.39, 0.29) is 13.2 Å². The standard InChI is InChI=1S/C11H25NO4Si/c1-11(7-14,8-17(2)3)9(15)10(16)12-5-4-6-13/h9,13-15,17H,4-8H2,1-3H3,(H,12,16). The Morgan fingerprint density at radius 2 is 2.00 bits per heavy atom. The topological polar surface area (TPSA) is 89.8 Å². The van der Waals surface area contributed by atoms with E-state index in [1.807, 2.05) is 0 Å². The van der Waals surface area contributed by atoms with Crippen LogP contribution in [0.3, 0.4) is 0 Å². The molecule has 0 bridgehead atoms. The van der Waals surface area contributed by atoms with Gasteiger partial charge in [0.25, 0.3) is 0 Å². The van der Waals surface area contributed by atoms with Crippen molar-refractivity contribution >= 4 is 14.7 Å². The van der Waals surface area contributed by atoms with Gasteiger partial charge in [0.1, 0.15) is 6.10 Å². The third kappa shape index (κ3) is 5.63. The molecule has 0 rings (SSSR count). The van der Waals surface area contributed by atoms with Crippen LogP contribution in [0.5, 0.6) is 0 Å². The molecular weight excluding hydrogens is 238 g/mol. The Hall–Kier alpha value is -0.433. The Kier molecular flexibility index (Phi) is 7.61. The summed E-state index contributed by atoms with van der Waals surface area (Å²) in [4.78, 5) is 11.7. The highest BCUT2D eigenvalue weighted by atomic mass is 28.3. The summed E-state index contributed by atoms with van der Waals surface area (Å²) in [6.07, 6.45) is -0.728. The lowest BCUT2D eigenvalue weighted by molar-refractivity contribution is -0.137. The van der Waals surface area contributed by atoms with E-state index in [4.69, 9.17) is 5.11 Å². The average molecular weight is 263 g/mol. The molecule has 2 atom stereocenters. The van der Waals surface area contributed by atoms with Crippen LogP contribution in [0.25, 0.3) is 0 Å². The van der Waals surface area contributed by atoms with Gasteiger partial charge in [0.15, 0.2) is 0 Å². The van der Waals surface area contributed by atoms with Gasteiger partial charge in [-0.1, -0.05) is 20.0 Å². The molecule has 1 amide bonds. The monoisotopic (exact) mass is 263 g/mol. The largest absolute Gasteiger partial charge is 0.396 e. The zero-order valence-electron chi connectivity index (χ0n) is 10.9. The molecule has 0 saturated carbocycles. The molecule has 0 aliphatic heterocycles. The minimum Gasteiger partial charge on any atom is -0.396 e. The normalized spacial score (nSPS) is 16.6. The number of carbonyl (C=O) groups is 1. The second kappa shape index (κ2) is 7.81. The molecule has 0 aliphatic rings. The lowest BCUT2D eigenvalue weighted by atomic mass is 9.86. The van der Waals surface area contributed by atoms with Gasteiger partial charge in [0, 0.05) is 27.4 Å². The number of amides is 1. The Bertz CT molecular complexity index is 238. The van der Waals surface area contributed by atoms with Gasteiger partial charge in [0.05, 0.1) is 6.61 Å². The molecule has 0 fully saturated rings. The van der Waals surface area contributed by atoms with Gasteiger partial charge in [-0.3, -0.25) is 4.79 Å².